The molecule has 5 N–H and O–H groups in total. The Morgan fingerprint density at radius 3 is 2.44 bits per heavy atom. The Balaban J connectivity index is 2.95. The van der Waals surface area contributed by atoms with Crippen LogP contribution in [0.4, 0.5) is 5.69 Å². The Kier molecular flexibility index (Phi) is 4.97. The molecule has 5 nitrogen and oxygen atoms in total. The average molecular weight is 251 g/mol. The first-order valence-corrected chi connectivity index (χ1v) is 6.11. The van der Waals surface area contributed by atoms with Crippen LogP contribution in [0.25, 0.3) is 0 Å². The van der Waals surface area contributed by atoms with Gasteiger partial charge in [0.25, 0.3) is 0 Å². The Morgan fingerprint density at radius 1 is 1.39 bits per heavy atom. The molecular weight excluding hydrogens is 230 g/mol. The molecule has 0 aromatic heterocycles. The molecule has 0 aliphatic rings. The van der Waals surface area contributed by atoms with Crippen molar-refractivity contribution < 1.29 is 9.90 Å². The summed E-state index contributed by atoms with van der Waals surface area (Å²) in [6.07, 6.45) is 0.0260. The molecular formula is C13H21N3O2. The minimum atomic E-state index is -0.562. The number of nitrogens with zero attached hydrogens (tertiary/aromatic N) is 1. The van der Waals surface area contributed by atoms with E-state index in [1.54, 1.807) is 12.1 Å². The minimum absolute atomic E-state index is 0.0260. The summed E-state index contributed by atoms with van der Waals surface area (Å²) >= 11 is 0. The van der Waals surface area contributed by atoms with Gasteiger partial charge in [-0.15, -0.1) is 0 Å². The van der Waals surface area contributed by atoms with Crippen molar-refractivity contribution in [1.29, 1.82) is 0 Å². The van der Waals surface area contributed by atoms with E-state index in [2.05, 4.69) is 4.90 Å². The Bertz CT molecular complexity index is 417. The first kappa shape index (κ1) is 14.3. The fraction of sp³-hybridized carbons (Fsp3) is 0.462. The molecule has 1 atom stereocenters. The van der Waals surface area contributed by atoms with Crippen LogP contribution in [0, 0.1) is 0 Å². The predicted molar refractivity (Wildman–Crippen MR) is 72.4 cm³/mol. The first-order chi connectivity index (χ1) is 8.49. The molecule has 0 radical (unpaired) electrons. The smallest absolute Gasteiger partial charge is 0.219 e. The highest BCUT2D eigenvalue weighted by atomic mass is 16.3. The van der Waals surface area contributed by atoms with Crippen molar-refractivity contribution in [2.75, 3.05) is 18.0 Å². The van der Waals surface area contributed by atoms with Gasteiger partial charge in [0.15, 0.2) is 0 Å². The monoisotopic (exact) mass is 251 g/mol. The van der Waals surface area contributed by atoms with Gasteiger partial charge in [0, 0.05) is 42.9 Å². The molecule has 0 fully saturated rings. The summed E-state index contributed by atoms with van der Waals surface area (Å²) < 4.78 is 0. The van der Waals surface area contributed by atoms with E-state index >= 15 is 0 Å². The second kappa shape index (κ2) is 6.26. The molecule has 0 bridgehead atoms. The number of primary amides is 1. The fourth-order valence-corrected chi connectivity index (χ4v) is 1.96. The van der Waals surface area contributed by atoms with Gasteiger partial charge in [-0.25, -0.2) is 0 Å². The number of hydrogen-bond acceptors (Lipinski definition) is 4. The lowest BCUT2D eigenvalue weighted by Crippen LogP contribution is -2.23. The van der Waals surface area contributed by atoms with Crippen molar-refractivity contribution in [3.05, 3.63) is 23.8 Å². The Hall–Kier alpha value is -1.75. The molecule has 0 aliphatic carbocycles. The van der Waals surface area contributed by atoms with Gasteiger partial charge >= 0.3 is 0 Å². The number of phenolic OH excluding ortho intramolecular Hbond substituents is 1. The highest BCUT2D eigenvalue weighted by Gasteiger charge is 2.14. The number of rotatable bonds is 6. The molecule has 100 valence electrons. The third-order valence-electron chi connectivity index (χ3n) is 2.96. The number of aromatic hydroxyl groups is 1. The van der Waals surface area contributed by atoms with Crippen molar-refractivity contribution >= 4 is 11.6 Å². The molecule has 5 heteroatoms. The molecule has 0 saturated heterocycles. The maximum absolute atomic E-state index is 10.8. The van der Waals surface area contributed by atoms with Gasteiger partial charge in [-0.05, 0) is 19.9 Å². The normalized spacial score (nSPS) is 12.2. The molecule has 1 rings (SSSR count). The summed E-state index contributed by atoms with van der Waals surface area (Å²) in [5, 5.41) is 9.96. The number of nitrogens with two attached hydrogens (primary N) is 2. The maximum Gasteiger partial charge on any atom is 0.219 e. The number of hydrogen-bond donors (Lipinski definition) is 3. The van der Waals surface area contributed by atoms with Crippen molar-refractivity contribution in [2.24, 2.45) is 11.5 Å². The molecule has 18 heavy (non-hydrogen) atoms. The van der Waals surface area contributed by atoms with Gasteiger partial charge in [0.1, 0.15) is 5.75 Å². The molecule has 0 heterocycles. The van der Waals surface area contributed by atoms with E-state index in [1.807, 2.05) is 19.9 Å². The van der Waals surface area contributed by atoms with Crippen molar-refractivity contribution in [3.8, 4) is 5.75 Å². The predicted octanol–water partition coefficient (Wildman–Crippen LogP) is 1.11. The van der Waals surface area contributed by atoms with Gasteiger partial charge in [-0.1, -0.05) is 6.07 Å². The van der Waals surface area contributed by atoms with Crippen molar-refractivity contribution in [2.45, 2.75) is 26.3 Å². The zero-order chi connectivity index (χ0) is 13.7. The van der Waals surface area contributed by atoms with Crippen LogP contribution in [0.5, 0.6) is 5.75 Å². The second-order valence-electron chi connectivity index (χ2n) is 4.19. The maximum atomic E-state index is 10.8. The van der Waals surface area contributed by atoms with Crippen LogP contribution in [-0.4, -0.2) is 24.1 Å². The van der Waals surface area contributed by atoms with Gasteiger partial charge in [-0.3, -0.25) is 4.79 Å². The van der Waals surface area contributed by atoms with E-state index in [9.17, 15) is 9.90 Å². The average Bonchev–Trinajstić information content (AvgIpc) is 2.29. The molecule has 1 unspecified atom stereocenters. The van der Waals surface area contributed by atoms with Crippen LogP contribution < -0.4 is 16.4 Å². The standard InChI is InChI=1S/C13H21N3O2/c1-3-16(4-2)9-5-6-10(12(17)7-9)11(14)8-13(15)18/h5-7,11,17H,3-4,8,14H2,1-2H3,(H2,15,18). The molecule has 1 aromatic carbocycles. The van der Waals surface area contributed by atoms with E-state index in [-0.39, 0.29) is 12.2 Å². The lowest BCUT2D eigenvalue weighted by atomic mass is 10.0. The van der Waals surface area contributed by atoms with E-state index in [0.717, 1.165) is 18.8 Å². The quantitative estimate of drug-likeness (QED) is 0.706. The minimum Gasteiger partial charge on any atom is -0.508 e. The lowest BCUT2D eigenvalue weighted by molar-refractivity contribution is -0.118. The Morgan fingerprint density at radius 2 is 2.00 bits per heavy atom. The lowest BCUT2D eigenvalue weighted by Gasteiger charge is -2.22. The van der Waals surface area contributed by atoms with Crippen LogP contribution in [0.15, 0.2) is 18.2 Å². The van der Waals surface area contributed by atoms with E-state index in [1.165, 1.54) is 0 Å². The van der Waals surface area contributed by atoms with Gasteiger partial charge < -0.3 is 21.5 Å². The van der Waals surface area contributed by atoms with E-state index in [0.29, 0.717) is 5.56 Å². The van der Waals surface area contributed by atoms with Gasteiger partial charge in [0.05, 0.1) is 0 Å². The highest BCUT2D eigenvalue weighted by molar-refractivity contribution is 5.75. The SMILES string of the molecule is CCN(CC)c1ccc(C(N)CC(N)=O)c(O)c1. The molecule has 0 saturated carbocycles. The van der Waals surface area contributed by atoms with Crippen LogP contribution in [-0.2, 0) is 4.79 Å². The van der Waals surface area contributed by atoms with Crippen LogP contribution in [0.2, 0.25) is 0 Å². The number of phenols is 1. The largest absolute Gasteiger partial charge is 0.508 e. The number of anilines is 1. The first-order valence-electron chi connectivity index (χ1n) is 6.11. The molecule has 1 aromatic rings. The third-order valence-corrected chi connectivity index (χ3v) is 2.96. The summed E-state index contributed by atoms with van der Waals surface area (Å²) in [5.74, 6) is -0.372. The zero-order valence-electron chi connectivity index (χ0n) is 10.9. The number of benzene rings is 1. The summed E-state index contributed by atoms with van der Waals surface area (Å²) in [7, 11) is 0. The molecule has 0 spiro atoms. The van der Waals surface area contributed by atoms with Crippen LogP contribution in [0.1, 0.15) is 31.9 Å². The summed E-state index contributed by atoms with van der Waals surface area (Å²) in [6.45, 7) is 5.83. The Labute approximate surface area is 107 Å². The van der Waals surface area contributed by atoms with Gasteiger partial charge in [-0.2, -0.15) is 0 Å². The molecule has 0 aliphatic heterocycles. The topological polar surface area (TPSA) is 92.6 Å². The number of carbonyl (C=O) groups excluding carboxylic acids is 1. The highest BCUT2D eigenvalue weighted by Crippen LogP contribution is 2.29. The molecule has 1 amide bonds. The summed E-state index contributed by atoms with van der Waals surface area (Å²) in [5.41, 5.74) is 12.4. The van der Waals surface area contributed by atoms with E-state index < -0.39 is 11.9 Å². The van der Waals surface area contributed by atoms with Crippen LogP contribution >= 0.6 is 0 Å². The van der Waals surface area contributed by atoms with Crippen LogP contribution in [0.3, 0.4) is 0 Å². The van der Waals surface area contributed by atoms with E-state index in [4.69, 9.17) is 11.5 Å². The number of carbonyl (C=O) groups is 1. The van der Waals surface area contributed by atoms with Crippen molar-refractivity contribution in [1.82, 2.24) is 0 Å². The van der Waals surface area contributed by atoms with Gasteiger partial charge in [0.2, 0.25) is 5.91 Å². The summed E-state index contributed by atoms with van der Waals surface area (Å²) in [6, 6.07) is 4.75. The summed E-state index contributed by atoms with van der Waals surface area (Å²) in [4.78, 5) is 12.9. The second-order valence-corrected chi connectivity index (χ2v) is 4.19. The number of amides is 1. The van der Waals surface area contributed by atoms with Crippen molar-refractivity contribution in [3.63, 3.8) is 0 Å². The zero-order valence-corrected chi connectivity index (χ0v) is 10.9. The fourth-order valence-electron chi connectivity index (χ4n) is 1.96. The third kappa shape index (κ3) is 3.37.